The van der Waals surface area contributed by atoms with Crippen molar-refractivity contribution < 1.29 is 0 Å². The van der Waals surface area contributed by atoms with Crippen LogP contribution in [0.15, 0.2) is 15.8 Å². The molecule has 0 spiro atoms. The van der Waals surface area contributed by atoms with E-state index in [1.807, 2.05) is 0 Å². The second-order valence-corrected chi connectivity index (χ2v) is 8.73. The van der Waals surface area contributed by atoms with Crippen LogP contribution in [0.5, 0.6) is 0 Å². The Labute approximate surface area is 101 Å². The maximum absolute atomic E-state index is 11.5. The number of nitrogens with one attached hydrogen (secondary N) is 2. The molecule has 0 fully saturated rings. The molecule has 1 aromatic rings. The molecule has 0 amide bonds. The molecule has 2 N–H and O–H groups in total. The molecule has 1 heterocycles. The van der Waals surface area contributed by atoms with E-state index < -0.39 is 20.3 Å². The van der Waals surface area contributed by atoms with Crippen LogP contribution in [0.1, 0.15) is 0 Å². The van der Waals surface area contributed by atoms with Gasteiger partial charge < -0.3 is 0 Å². The van der Waals surface area contributed by atoms with Crippen molar-refractivity contribution in [3.63, 3.8) is 0 Å². The first kappa shape index (κ1) is 12.9. The Morgan fingerprint density at radius 3 is 2.27 bits per heavy atom. The topological polar surface area (TPSA) is 65.7 Å². The van der Waals surface area contributed by atoms with Gasteiger partial charge in [0, 0.05) is 0 Å². The summed E-state index contributed by atoms with van der Waals surface area (Å²) in [6.07, 6.45) is 1.50. The molecule has 1 aromatic heterocycles. The maximum atomic E-state index is 11.5. The molecule has 0 aliphatic rings. The average molecular weight is 313 g/mol. The molecule has 0 bridgehead atoms. The van der Waals surface area contributed by atoms with Gasteiger partial charge in [-0.05, 0) is 0 Å². The molecule has 15 heavy (non-hydrogen) atoms. The first-order chi connectivity index (χ1) is 7.19. The Hall–Kier alpha value is -0.182. The standard InChI is InChI=1S/C8H11AsCl2N2O2/c10-3-1-9(2-4-11)6-5-12-8(15)13-7(6)14/h5H,1-4H2,(H2,12,13,14,15). The molecule has 0 aromatic carbocycles. The zero-order valence-corrected chi connectivity index (χ0v) is 11.3. The molecule has 0 saturated heterocycles. The van der Waals surface area contributed by atoms with Gasteiger partial charge in [0.2, 0.25) is 0 Å². The van der Waals surface area contributed by atoms with Gasteiger partial charge in [-0.2, -0.15) is 0 Å². The van der Waals surface area contributed by atoms with Crippen LogP contribution >= 0.6 is 23.2 Å². The van der Waals surface area contributed by atoms with Crippen LogP contribution in [-0.4, -0.2) is 36.4 Å². The average Bonchev–Trinajstić information content (AvgIpc) is 2.17. The predicted molar refractivity (Wildman–Crippen MR) is 64.1 cm³/mol. The van der Waals surface area contributed by atoms with Gasteiger partial charge in [0.1, 0.15) is 0 Å². The van der Waals surface area contributed by atoms with E-state index in [0.29, 0.717) is 16.1 Å². The summed E-state index contributed by atoms with van der Waals surface area (Å²) >= 11 is 9.85. The third kappa shape index (κ3) is 3.71. The number of hydrogen-bond donors (Lipinski definition) is 2. The van der Waals surface area contributed by atoms with Crippen molar-refractivity contribution >= 4 is 42.2 Å². The molecule has 0 unspecified atom stereocenters. The van der Waals surface area contributed by atoms with Crippen molar-refractivity contribution in [3.8, 4) is 0 Å². The zero-order chi connectivity index (χ0) is 11.3. The van der Waals surface area contributed by atoms with Crippen LogP contribution in [0, 0.1) is 0 Å². The Kier molecular flexibility index (Phi) is 5.51. The van der Waals surface area contributed by atoms with Crippen LogP contribution in [0.4, 0.5) is 0 Å². The van der Waals surface area contributed by atoms with Gasteiger partial charge in [-0.1, -0.05) is 0 Å². The summed E-state index contributed by atoms with van der Waals surface area (Å²) in [5.41, 5.74) is -0.775. The van der Waals surface area contributed by atoms with Crippen molar-refractivity contribution in [1.29, 1.82) is 0 Å². The van der Waals surface area contributed by atoms with E-state index in [1.165, 1.54) is 6.20 Å². The van der Waals surface area contributed by atoms with E-state index >= 15 is 0 Å². The van der Waals surface area contributed by atoms with E-state index in [9.17, 15) is 9.59 Å². The summed E-state index contributed by atoms with van der Waals surface area (Å²) in [4.78, 5) is 27.0. The van der Waals surface area contributed by atoms with Crippen LogP contribution in [0.25, 0.3) is 0 Å². The van der Waals surface area contributed by atoms with Crippen LogP contribution in [0.2, 0.25) is 10.4 Å². The number of aromatic nitrogens is 2. The molecule has 0 aliphatic heterocycles. The van der Waals surface area contributed by atoms with Crippen LogP contribution < -0.4 is 15.6 Å². The van der Waals surface area contributed by atoms with Gasteiger partial charge in [-0.3, -0.25) is 0 Å². The second kappa shape index (κ2) is 6.41. The number of rotatable bonds is 5. The van der Waals surface area contributed by atoms with Crippen LogP contribution in [0.3, 0.4) is 0 Å². The predicted octanol–water partition coefficient (Wildman–Crippen LogP) is 0.243. The minimum atomic E-state index is -1.50. The number of alkyl halides is 2. The van der Waals surface area contributed by atoms with Gasteiger partial charge in [0.05, 0.1) is 0 Å². The summed E-state index contributed by atoms with van der Waals surface area (Å²) in [7, 11) is 0. The third-order valence-corrected chi connectivity index (χ3v) is 8.71. The van der Waals surface area contributed by atoms with Gasteiger partial charge >= 0.3 is 101 Å². The molecular weight excluding hydrogens is 302 g/mol. The minimum absolute atomic E-state index is 0.297. The Morgan fingerprint density at radius 1 is 1.20 bits per heavy atom. The normalized spacial score (nSPS) is 10.9. The third-order valence-electron chi connectivity index (χ3n) is 1.85. The number of H-pyrrole nitrogens is 2. The summed E-state index contributed by atoms with van der Waals surface area (Å²) in [5.74, 6) is 1.05. The number of halogens is 2. The molecule has 0 atom stereocenters. The molecule has 0 radical (unpaired) electrons. The number of hydrogen-bond acceptors (Lipinski definition) is 2. The Morgan fingerprint density at radius 2 is 1.80 bits per heavy atom. The fraction of sp³-hybridized carbons (Fsp3) is 0.500. The number of aromatic amines is 2. The molecular formula is C8H11AsCl2N2O2. The van der Waals surface area contributed by atoms with E-state index in [1.54, 1.807) is 0 Å². The summed E-state index contributed by atoms with van der Waals surface area (Å²) in [6.45, 7) is 0. The van der Waals surface area contributed by atoms with Gasteiger partial charge in [0.25, 0.3) is 0 Å². The van der Waals surface area contributed by atoms with Crippen LogP contribution in [-0.2, 0) is 0 Å². The summed E-state index contributed by atoms with van der Waals surface area (Å²) < 4.78 is 0.684. The van der Waals surface area contributed by atoms with E-state index in [-0.39, 0.29) is 5.56 Å². The van der Waals surface area contributed by atoms with Crippen molar-refractivity contribution in [2.75, 3.05) is 11.8 Å². The van der Waals surface area contributed by atoms with E-state index in [0.717, 1.165) is 10.4 Å². The molecule has 4 nitrogen and oxygen atoms in total. The van der Waals surface area contributed by atoms with Crippen molar-refractivity contribution in [2.24, 2.45) is 0 Å². The summed E-state index contributed by atoms with van der Waals surface area (Å²) in [6, 6.07) is 0. The fourth-order valence-corrected chi connectivity index (χ4v) is 6.89. The fourth-order valence-electron chi connectivity index (χ4n) is 1.19. The second-order valence-electron chi connectivity index (χ2n) is 2.82. The van der Waals surface area contributed by atoms with Gasteiger partial charge in [-0.15, -0.1) is 0 Å². The van der Waals surface area contributed by atoms with Crippen molar-refractivity contribution in [3.05, 3.63) is 27.0 Å². The van der Waals surface area contributed by atoms with E-state index in [4.69, 9.17) is 23.2 Å². The van der Waals surface area contributed by atoms with E-state index in [2.05, 4.69) is 9.97 Å². The molecule has 7 heteroatoms. The first-order valence-electron chi connectivity index (χ1n) is 4.38. The van der Waals surface area contributed by atoms with Crippen molar-refractivity contribution in [1.82, 2.24) is 9.97 Å². The monoisotopic (exact) mass is 312 g/mol. The van der Waals surface area contributed by atoms with Gasteiger partial charge in [-0.25, -0.2) is 0 Å². The summed E-state index contributed by atoms with van der Waals surface area (Å²) in [5, 5.41) is 1.63. The molecule has 0 saturated carbocycles. The Bertz CT molecular complexity index is 412. The Balaban J connectivity index is 3.00. The van der Waals surface area contributed by atoms with Crippen molar-refractivity contribution in [2.45, 2.75) is 10.4 Å². The molecule has 1 rings (SSSR count). The SMILES string of the molecule is O=c1[nH]cc([As](CCCl)CCCl)c(=O)[nH]1. The first-order valence-corrected chi connectivity index (χ1v) is 9.04. The molecule has 84 valence electrons. The zero-order valence-electron chi connectivity index (χ0n) is 7.93. The molecule has 0 aliphatic carbocycles. The quantitative estimate of drug-likeness (QED) is 0.604. The van der Waals surface area contributed by atoms with Gasteiger partial charge in [0.15, 0.2) is 0 Å².